The Balaban J connectivity index is 1.98. The quantitative estimate of drug-likeness (QED) is 0.865. The number of carbonyl (C=O) groups excluding carboxylic acids is 1. The van der Waals surface area contributed by atoms with E-state index in [0.717, 1.165) is 16.8 Å². The van der Waals surface area contributed by atoms with E-state index in [1.807, 2.05) is 19.9 Å². The first-order valence-corrected chi connectivity index (χ1v) is 7.56. The number of amides is 1. The van der Waals surface area contributed by atoms with Crippen molar-refractivity contribution in [3.63, 3.8) is 0 Å². The van der Waals surface area contributed by atoms with Gasteiger partial charge < -0.3 is 11.1 Å². The summed E-state index contributed by atoms with van der Waals surface area (Å²) in [5, 5.41) is 2.95. The van der Waals surface area contributed by atoms with Gasteiger partial charge in [-0.25, -0.2) is 0 Å². The van der Waals surface area contributed by atoms with Gasteiger partial charge in [-0.1, -0.05) is 31.9 Å². The minimum atomic E-state index is -0.457. The van der Waals surface area contributed by atoms with Crippen molar-refractivity contribution in [2.45, 2.75) is 57.9 Å². The van der Waals surface area contributed by atoms with Gasteiger partial charge in [-0.05, 0) is 49.3 Å². The SMILES string of the molecule is CC1(C)C(=O)Nc2ccc(C(N)C3(C)CCCC3)cc21. The second-order valence-electron chi connectivity index (χ2n) is 7.22. The maximum Gasteiger partial charge on any atom is 0.234 e. The Morgan fingerprint density at radius 3 is 2.50 bits per heavy atom. The Morgan fingerprint density at radius 1 is 1.20 bits per heavy atom. The third-order valence-corrected chi connectivity index (χ3v) is 5.39. The molecule has 108 valence electrons. The summed E-state index contributed by atoms with van der Waals surface area (Å²) in [5.74, 6) is 0.0744. The molecule has 1 amide bonds. The second-order valence-corrected chi connectivity index (χ2v) is 7.22. The summed E-state index contributed by atoms with van der Waals surface area (Å²) in [6.45, 7) is 6.24. The Kier molecular flexibility index (Phi) is 2.94. The summed E-state index contributed by atoms with van der Waals surface area (Å²) in [6.07, 6.45) is 4.96. The Bertz CT molecular complexity index is 556. The number of nitrogens with one attached hydrogen (secondary N) is 1. The van der Waals surface area contributed by atoms with Crippen LogP contribution < -0.4 is 11.1 Å². The van der Waals surface area contributed by atoms with E-state index >= 15 is 0 Å². The van der Waals surface area contributed by atoms with Gasteiger partial charge in [0.05, 0.1) is 5.41 Å². The lowest BCUT2D eigenvalue weighted by molar-refractivity contribution is -0.119. The minimum Gasteiger partial charge on any atom is -0.325 e. The van der Waals surface area contributed by atoms with Crippen LogP contribution in [0.3, 0.4) is 0 Å². The van der Waals surface area contributed by atoms with Crippen molar-refractivity contribution in [1.82, 2.24) is 0 Å². The second kappa shape index (κ2) is 4.32. The van der Waals surface area contributed by atoms with Gasteiger partial charge >= 0.3 is 0 Å². The van der Waals surface area contributed by atoms with Gasteiger partial charge in [-0.2, -0.15) is 0 Å². The largest absolute Gasteiger partial charge is 0.325 e. The van der Waals surface area contributed by atoms with E-state index in [1.165, 1.54) is 25.7 Å². The molecule has 1 aromatic carbocycles. The molecule has 0 aromatic heterocycles. The standard InChI is InChI=1S/C17H24N2O/c1-16(2)12-10-11(6-7-13(12)19-15(16)20)14(18)17(3)8-4-5-9-17/h6-7,10,14H,4-5,8-9,18H2,1-3H3,(H,19,20). The van der Waals surface area contributed by atoms with Crippen LogP contribution in [0.5, 0.6) is 0 Å². The van der Waals surface area contributed by atoms with Crippen LogP contribution in [-0.4, -0.2) is 5.91 Å². The molecule has 0 bridgehead atoms. The highest BCUT2D eigenvalue weighted by atomic mass is 16.2. The Hall–Kier alpha value is -1.35. The van der Waals surface area contributed by atoms with Crippen LogP contribution in [0.15, 0.2) is 18.2 Å². The number of hydrogen-bond acceptors (Lipinski definition) is 2. The lowest BCUT2D eigenvalue weighted by Crippen LogP contribution is -2.30. The van der Waals surface area contributed by atoms with Crippen LogP contribution in [0.1, 0.15) is 63.6 Å². The molecule has 0 radical (unpaired) electrons. The zero-order chi connectivity index (χ0) is 14.5. The van der Waals surface area contributed by atoms with Gasteiger partial charge in [0.1, 0.15) is 0 Å². The van der Waals surface area contributed by atoms with Crippen molar-refractivity contribution in [3.05, 3.63) is 29.3 Å². The van der Waals surface area contributed by atoms with Gasteiger partial charge in [0.15, 0.2) is 0 Å². The maximum absolute atomic E-state index is 12.0. The summed E-state index contributed by atoms with van der Waals surface area (Å²) in [6, 6.07) is 6.29. The van der Waals surface area contributed by atoms with E-state index in [1.54, 1.807) is 0 Å². The molecular formula is C17H24N2O. The molecule has 1 fully saturated rings. The molecule has 1 saturated carbocycles. The van der Waals surface area contributed by atoms with Crippen molar-refractivity contribution in [3.8, 4) is 0 Å². The van der Waals surface area contributed by atoms with Gasteiger partial charge in [0.2, 0.25) is 5.91 Å². The lowest BCUT2D eigenvalue weighted by atomic mass is 9.76. The molecule has 1 aromatic rings. The monoisotopic (exact) mass is 272 g/mol. The molecule has 2 aliphatic rings. The van der Waals surface area contributed by atoms with E-state index in [4.69, 9.17) is 5.73 Å². The molecule has 3 nitrogen and oxygen atoms in total. The number of anilines is 1. The average Bonchev–Trinajstić information content (AvgIpc) is 2.94. The number of nitrogens with two attached hydrogens (primary N) is 1. The van der Waals surface area contributed by atoms with Crippen molar-refractivity contribution < 1.29 is 4.79 Å². The summed E-state index contributed by atoms with van der Waals surface area (Å²) in [4.78, 5) is 12.0. The third-order valence-electron chi connectivity index (χ3n) is 5.39. The molecule has 3 heteroatoms. The number of carbonyl (C=O) groups is 1. The Labute approximate surface area is 120 Å². The first-order chi connectivity index (χ1) is 9.34. The zero-order valence-corrected chi connectivity index (χ0v) is 12.6. The number of fused-ring (bicyclic) bond motifs is 1. The number of hydrogen-bond donors (Lipinski definition) is 2. The van der Waals surface area contributed by atoms with Crippen molar-refractivity contribution in [2.75, 3.05) is 5.32 Å². The number of rotatable bonds is 2. The van der Waals surface area contributed by atoms with Gasteiger partial charge in [0, 0.05) is 11.7 Å². The highest BCUT2D eigenvalue weighted by Crippen LogP contribution is 2.47. The molecule has 1 unspecified atom stereocenters. The fourth-order valence-corrected chi connectivity index (χ4v) is 3.68. The third kappa shape index (κ3) is 1.87. The van der Waals surface area contributed by atoms with E-state index in [0.29, 0.717) is 0 Å². The van der Waals surface area contributed by atoms with E-state index < -0.39 is 5.41 Å². The van der Waals surface area contributed by atoms with Crippen molar-refractivity contribution in [1.29, 1.82) is 0 Å². The average molecular weight is 272 g/mol. The topological polar surface area (TPSA) is 55.1 Å². The van der Waals surface area contributed by atoms with Crippen LogP contribution in [0.25, 0.3) is 0 Å². The van der Waals surface area contributed by atoms with Crippen molar-refractivity contribution >= 4 is 11.6 Å². The summed E-state index contributed by atoms with van der Waals surface area (Å²) in [5.41, 5.74) is 9.48. The summed E-state index contributed by atoms with van der Waals surface area (Å²) in [7, 11) is 0. The van der Waals surface area contributed by atoms with Crippen LogP contribution in [-0.2, 0) is 10.2 Å². The smallest absolute Gasteiger partial charge is 0.234 e. The molecule has 0 spiro atoms. The van der Waals surface area contributed by atoms with Gasteiger partial charge in [-0.15, -0.1) is 0 Å². The summed E-state index contributed by atoms with van der Waals surface area (Å²) < 4.78 is 0. The highest BCUT2D eigenvalue weighted by molar-refractivity contribution is 6.05. The van der Waals surface area contributed by atoms with E-state index in [9.17, 15) is 4.79 Å². The minimum absolute atomic E-state index is 0.0572. The molecule has 3 N–H and O–H groups in total. The fourth-order valence-electron chi connectivity index (χ4n) is 3.68. The molecule has 3 rings (SSSR count). The number of benzene rings is 1. The van der Waals surface area contributed by atoms with E-state index in [-0.39, 0.29) is 17.4 Å². The molecular weight excluding hydrogens is 248 g/mol. The first kappa shape index (κ1) is 13.6. The lowest BCUT2D eigenvalue weighted by Gasteiger charge is -2.32. The molecule has 1 aliphatic carbocycles. The summed E-state index contributed by atoms with van der Waals surface area (Å²) >= 11 is 0. The Morgan fingerprint density at radius 2 is 1.85 bits per heavy atom. The predicted octanol–water partition coefficient (Wildman–Crippen LogP) is 3.50. The van der Waals surface area contributed by atoms with Crippen LogP contribution in [0.4, 0.5) is 5.69 Å². The molecule has 20 heavy (non-hydrogen) atoms. The zero-order valence-electron chi connectivity index (χ0n) is 12.6. The fraction of sp³-hybridized carbons (Fsp3) is 0.588. The van der Waals surface area contributed by atoms with Crippen molar-refractivity contribution in [2.24, 2.45) is 11.1 Å². The highest BCUT2D eigenvalue weighted by Gasteiger charge is 2.40. The maximum atomic E-state index is 12.0. The first-order valence-electron chi connectivity index (χ1n) is 7.56. The van der Waals surface area contributed by atoms with Crippen LogP contribution in [0.2, 0.25) is 0 Å². The van der Waals surface area contributed by atoms with Gasteiger partial charge in [-0.3, -0.25) is 4.79 Å². The van der Waals surface area contributed by atoms with Gasteiger partial charge in [0.25, 0.3) is 0 Å². The molecule has 0 saturated heterocycles. The van der Waals surface area contributed by atoms with E-state index in [2.05, 4.69) is 24.4 Å². The normalized spacial score (nSPS) is 24.3. The molecule has 1 aliphatic heterocycles. The van der Waals surface area contributed by atoms with Crippen LogP contribution >= 0.6 is 0 Å². The van der Waals surface area contributed by atoms with Crippen LogP contribution in [0, 0.1) is 5.41 Å². The molecule has 1 atom stereocenters. The predicted molar refractivity (Wildman–Crippen MR) is 81.6 cm³/mol. The molecule has 1 heterocycles.